The van der Waals surface area contributed by atoms with Crippen LogP contribution in [0.1, 0.15) is 6.42 Å². The predicted octanol–water partition coefficient (Wildman–Crippen LogP) is 1.48. The predicted molar refractivity (Wildman–Crippen MR) is 81.0 cm³/mol. The molecular weight excluding hydrogens is 266 g/mol. The molecule has 6 heteroatoms. The number of piperidine rings is 1. The molecule has 4 heterocycles. The van der Waals surface area contributed by atoms with Gasteiger partial charge in [-0.05, 0) is 42.8 Å². The van der Waals surface area contributed by atoms with Gasteiger partial charge in [0, 0.05) is 30.9 Å². The van der Waals surface area contributed by atoms with Crippen LogP contribution in [-0.4, -0.2) is 40.5 Å². The lowest BCUT2D eigenvalue weighted by Gasteiger charge is -2.48. The molecular formula is C15H17N5O. The summed E-state index contributed by atoms with van der Waals surface area (Å²) in [5.74, 6) is 1.88. The van der Waals surface area contributed by atoms with Gasteiger partial charge in [-0.3, -0.25) is 0 Å². The van der Waals surface area contributed by atoms with Gasteiger partial charge in [0.2, 0.25) is 0 Å². The van der Waals surface area contributed by atoms with Crippen molar-refractivity contribution in [2.75, 3.05) is 23.3 Å². The molecule has 2 atom stereocenters. The van der Waals surface area contributed by atoms with Crippen LogP contribution in [0, 0.1) is 0 Å². The van der Waals surface area contributed by atoms with Gasteiger partial charge in [0.25, 0.3) is 0 Å². The number of phenols is 1. The maximum atomic E-state index is 9.26. The molecule has 3 N–H and O–H groups in total. The van der Waals surface area contributed by atoms with Crippen LogP contribution in [-0.2, 0) is 0 Å². The number of hydrogen-bond donors (Lipinski definition) is 3. The molecule has 3 aliphatic heterocycles. The van der Waals surface area contributed by atoms with Crippen LogP contribution in [0.5, 0.6) is 5.75 Å². The minimum atomic E-state index is 0.249. The first kappa shape index (κ1) is 12.4. The second kappa shape index (κ2) is 4.89. The first-order chi connectivity index (χ1) is 10.3. The van der Waals surface area contributed by atoms with E-state index in [-0.39, 0.29) is 5.75 Å². The number of nitrogens with one attached hydrogen (secondary N) is 2. The van der Waals surface area contributed by atoms with E-state index in [0.717, 1.165) is 24.6 Å². The number of nitrogens with zero attached hydrogens (tertiary/aromatic N) is 3. The fourth-order valence-electron chi connectivity index (χ4n) is 2.95. The lowest BCUT2D eigenvalue weighted by Crippen LogP contribution is -2.67. The largest absolute Gasteiger partial charge is 0.508 e. The summed E-state index contributed by atoms with van der Waals surface area (Å²) in [5.41, 5.74) is 0.873. The van der Waals surface area contributed by atoms with Crippen LogP contribution in [0.4, 0.5) is 17.3 Å². The number of benzene rings is 1. The van der Waals surface area contributed by atoms with E-state index >= 15 is 0 Å². The minimum Gasteiger partial charge on any atom is -0.508 e. The van der Waals surface area contributed by atoms with Crippen LogP contribution in [0.15, 0.2) is 36.4 Å². The molecule has 1 aromatic heterocycles. The molecule has 3 aliphatic rings. The molecule has 0 amide bonds. The molecule has 3 fully saturated rings. The highest BCUT2D eigenvalue weighted by Crippen LogP contribution is 2.25. The van der Waals surface area contributed by atoms with Gasteiger partial charge in [-0.25, -0.2) is 0 Å². The standard InChI is InChI=1S/C15H17N5O/c21-13-3-1-10(2-4-13)17-14-5-6-15(19-18-14)20-8-11-7-12(9-20)16-11/h1-6,11-12,16,21H,7-9H2,(H,17,18). The van der Waals surface area contributed by atoms with Gasteiger partial charge in [-0.15, -0.1) is 10.2 Å². The Hall–Kier alpha value is -2.34. The van der Waals surface area contributed by atoms with Gasteiger partial charge < -0.3 is 20.6 Å². The van der Waals surface area contributed by atoms with Crippen molar-refractivity contribution >= 4 is 17.3 Å². The van der Waals surface area contributed by atoms with Crippen molar-refractivity contribution in [1.82, 2.24) is 15.5 Å². The zero-order valence-corrected chi connectivity index (χ0v) is 11.5. The summed E-state index contributed by atoms with van der Waals surface area (Å²) in [7, 11) is 0. The molecule has 0 saturated carbocycles. The smallest absolute Gasteiger partial charge is 0.153 e. The number of anilines is 3. The SMILES string of the molecule is Oc1ccc(Nc2ccc(N3CC4CC(C3)N4)nn2)cc1. The Balaban J connectivity index is 1.44. The van der Waals surface area contributed by atoms with Gasteiger partial charge in [-0.1, -0.05) is 0 Å². The van der Waals surface area contributed by atoms with Gasteiger partial charge in [0.15, 0.2) is 11.6 Å². The van der Waals surface area contributed by atoms with E-state index in [9.17, 15) is 5.11 Å². The summed E-state index contributed by atoms with van der Waals surface area (Å²) in [6, 6.07) is 12.0. The van der Waals surface area contributed by atoms with E-state index in [2.05, 4.69) is 25.7 Å². The third kappa shape index (κ3) is 2.50. The van der Waals surface area contributed by atoms with Crippen molar-refractivity contribution in [2.24, 2.45) is 0 Å². The van der Waals surface area contributed by atoms with E-state index in [1.54, 1.807) is 24.3 Å². The number of aromatic hydroxyl groups is 1. The van der Waals surface area contributed by atoms with Crippen LogP contribution >= 0.6 is 0 Å². The zero-order chi connectivity index (χ0) is 14.2. The van der Waals surface area contributed by atoms with E-state index in [4.69, 9.17) is 0 Å². The Bertz CT molecular complexity index is 612. The molecule has 2 unspecified atom stereocenters. The van der Waals surface area contributed by atoms with Crippen molar-refractivity contribution in [3.05, 3.63) is 36.4 Å². The topological polar surface area (TPSA) is 73.3 Å². The fourth-order valence-corrected chi connectivity index (χ4v) is 2.95. The third-order valence-electron chi connectivity index (χ3n) is 4.04. The quantitative estimate of drug-likeness (QED) is 0.741. The summed E-state index contributed by atoms with van der Waals surface area (Å²) < 4.78 is 0. The molecule has 0 radical (unpaired) electrons. The summed E-state index contributed by atoms with van der Waals surface area (Å²) in [6.45, 7) is 2.02. The number of aromatic nitrogens is 2. The number of phenolic OH excluding ortho intramolecular Hbond substituents is 1. The van der Waals surface area contributed by atoms with Crippen molar-refractivity contribution in [1.29, 1.82) is 0 Å². The average molecular weight is 283 g/mol. The van der Waals surface area contributed by atoms with Gasteiger partial charge in [0.1, 0.15) is 5.75 Å². The Labute approximate surface area is 122 Å². The Kier molecular flexibility index (Phi) is 2.89. The number of fused-ring (bicyclic) bond motifs is 2. The maximum Gasteiger partial charge on any atom is 0.153 e. The summed E-state index contributed by atoms with van der Waals surface area (Å²) in [6.07, 6.45) is 1.28. The molecule has 21 heavy (non-hydrogen) atoms. The van der Waals surface area contributed by atoms with E-state index in [1.165, 1.54) is 6.42 Å². The lowest BCUT2D eigenvalue weighted by atomic mass is 9.91. The van der Waals surface area contributed by atoms with Crippen LogP contribution in [0.25, 0.3) is 0 Å². The second-order valence-electron chi connectivity index (χ2n) is 5.65. The third-order valence-corrected chi connectivity index (χ3v) is 4.04. The van der Waals surface area contributed by atoms with Crippen molar-refractivity contribution in [2.45, 2.75) is 18.5 Å². The van der Waals surface area contributed by atoms with E-state index in [0.29, 0.717) is 17.9 Å². The normalized spacial score (nSPS) is 23.5. The maximum absolute atomic E-state index is 9.26. The fraction of sp³-hybridized carbons (Fsp3) is 0.333. The molecule has 5 rings (SSSR count). The number of hydrogen-bond acceptors (Lipinski definition) is 6. The van der Waals surface area contributed by atoms with Gasteiger partial charge >= 0.3 is 0 Å². The molecule has 2 bridgehead atoms. The molecule has 108 valence electrons. The molecule has 6 nitrogen and oxygen atoms in total. The monoisotopic (exact) mass is 283 g/mol. The van der Waals surface area contributed by atoms with Crippen molar-refractivity contribution in [3.63, 3.8) is 0 Å². The second-order valence-corrected chi connectivity index (χ2v) is 5.65. The Morgan fingerprint density at radius 1 is 1.05 bits per heavy atom. The minimum absolute atomic E-state index is 0.249. The van der Waals surface area contributed by atoms with Crippen molar-refractivity contribution in [3.8, 4) is 5.75 Å². The first-order valence-corrected chi connectivity index (χ1v) is 7.17. The number of rotatable bonds is 3. The first-order valence-electron chi connectivity index (χ1n) is 7.17. The zero-order valence-electron chi connectivity index (χ0n) is 11.5. The molecule has 3 saturated heterocycles. The van der Waals surface area contributed by atoms with Gasteiger partial charge in [0.05, 0.1) is 0 Å². The van der Waals surface area contributed by atoms with Gasteiger partial charge in [-0.2, -0.15) is 0 Å². The summed E-state index contributed by atoms with van der Waals surface area (Å²) >= 11 is 0. The molecule has 0 spiro atoms. The van der Waals surface area contributed by atoms with E-state index < -0.39 is 0 Å². The van der Waals surface area contributed by atoms with E-state index in [1.807, 2.05) is 12.1 Å². The molecule has 2 aromatic rings. The highest BCUT2D eigenvalue weighted by molar-refractivity contribution is 5.57. The Morgan fingerprint density at radius 3 is 2.38 bits per heavy atom. The summed E-state index contributed by atoms with van der Waals surface area (Å²) in [4.78, 5) is 2.28. The highest BCUT2D eigenvalue weighted by atomic mass is 16.3. The molecule has 1 aromatic carbocycles. The summed E-state index contributed by atoms with van der Waals surface area (Å²) in [5, 5.41) is 24.5. The average Bonchev–Trinajstić information content (AvgIpc) is 2.50. The Morgan fingerprint density at radius 2 is 1.76 bits per heavy atom. The molecule has 0 aliphatic carbocycles. The van der Waals surface area contributed by atoms with Crippen LogP contribution < -0.4 is 15.5 Å². The van der Waals surface area contributed by atoms with Crippen molar-refractivity contribution < 1.29 is 5.11 Å². The highest BCUT2D eigenvalue weighted by Gasteiger charge is 2.36. The lowest BCUT2D eigenvalue weighted by molar-refractivity contribution is 0.225. The number of piperazine rings is 1. The van der Waals surface area contributed by atoms with Crippen LogP contribution in [0.3, 0.4) is 0 Å². The van der Waals surface area contributed by atoms with Crippen LogP contribution in [0.2, 0.25) is 0 Å².